The lowest BCUT2D eigenvalue weighted by Gasteiger charge is -2.25. The summed E-state index contributed by atoms with van der Waals surface area (Å²) in [4.78, 5) is 9.26. The van der Waals surface area contributed by atoms with Crippen molar-refractivity contribution in [3.8, 4) is 17.2 Å². The molecule has 7 nitrogen and oxygen atoms in total. The number of hydrogen-bond donors (Lipinski definition) is 3. The summed E-state index contributed by atoms with van der Waals surface area (Å²) in [6.45, 7) is 0. The highest BCUT2D eigenvalue weighted by atomic mass is 16.9. The molecule has 0 aromatic heterocycles. The van der Waals surface area contributed by atoms with E-state index in [4.69, 9.17) is 19.3 Å². The van der Waals surface area contributed by atoms with Crippen molar-refractivity contribution in [3.63, 3.8) is 0 Å². The molecule has 0 fully saturated rings. The molecule has 0 radical (unpaired) electrons. The lowest BCUT2D eigenvalue weighted by atomic mass is 10.2. The van der Waals surface area contributed by atoms with Crippen LogP contribution in [0.4, 0.5) is 4.79 Å². The minimum Gasteiger partial charge on any atom is -0.504 e. The molecule has 3 N–H and O–H groups in total. The molecule has 1 amide bonds. The number of carboxylic acid groups (broad SMARTS) is 1. The summed E-state index contributed by atoms with van der Waals surface area (Å²) >= 11 is 0. The Labute approximate surface area is 133 Å². The van der Waals surface area contributed by atoms with Crippen molar-refractivity contribution < 1.29 is 29.2 Å². The molecular weight excluding hydrogens is 302 g/mol. The Bertz CT molecular complexity index is 676. The van der Waals surface area contributed by atoms with E-state index >= 15 is 0 Å². The summed E-state index contributed by atoms with van der Waals surface area (Å²) in [6.07, 6.45) is -0.995. The average molecular weight is 319 g/mol. The summed E-state index contributed by atoms with van der Waals surface area (Å²) in [6, 6.07) is 14.3. The molecule has 1 unspecified atom stereocenters. The molecule has 122 valence electrons. The third kappa shape index (κ3) is 3.46. The topological polar surface area (TPSA) is 97.3 Å². The Morgan fingerprint density at radius 3 is 2.30 bits per heavy atom. The number of ether oxygens (including phenoxy) is 3. The van der Waals surface area contributed by atoms with Crippen LogP contribution in [0, 0.1) is 0 Å². The second-order valence-electron chi connectivity index (χ2n) is 4.49. The van der Waals surface area contributed by atoms with Gasteiger partial charge < -0.3 is 29.7 Å². The molecule has 2 aromatic carbocycles. The van der Waals surface area contributed by atoms with Gasteiger partial charge in [0.25, 0.3) is 0 Å². The number of benzene rings is 2. The van der Waals surface area contributed by atoms with Crippen LogP contribution in [-0.2, 0) is 10.7 Å². The van der Waals surface area contributed by atoms with Crippen LogP contribution in [-0.4, -0.2) is 30.5 Å². The molecular formula is C16H17NO6. The second-order valence-corrected chi connectivity index (χ2v) is 4.49. The number of amides is 1. The van der Waals surface area contributed by atoms with Gasteiger partial charge in [0.05, 0.1) is 5.56 Å². The number of phenols is 1. The number of aromatic hydroxyl groups is 1. The van der Waals surface area contributed by atoms with E-state index in [-0.39, 0.29) is 5.75 Å². The monoisotopic (exact) mass is 319 g/mol. The number of carbonyl (C=O) groups is 1. The number of rotatable bonds is 2. The Morgan fingerprint density at radius 1 is 1.13 bits per heavy atom. The standard InChI is InChI=1S/C14H12O4.C2H5NO2/c1-16-14(10-6-3-2-4-7-10)17-12-9-5-8-11(15)13(12)18-14;1-3-2(4)5/h2-9,15H,1H3;3H,1H3,(H,4,5). The summed E-state index contributed by atoms with van der Waals surface area (Å²) in [5.41, 5.74) is 0.725. The van der Waals surface area contributed by atoms with Crippen LogP contribution >= 0.6 is 0 Å². The van der Waals surface area contributed by atoms with Crippen molar-refractivity contribution >= 4 is 6.09 Å². The van der Waals surface area contributed by atoms with E-state index in [1.54, 1.807) is 18.2 Å². The summed E-state index contributed by atoms with van der Waals surface area (Å²) in [5, 5.41) is 19.3. The summed E-state index contributed by atoms with van der Waals surface area (Å²) in [7, 11) is 2.85. The second kappa shape index (κ2) is 6.89. The summed E-state index contributed by atoms with van der Waals surface area (Å²) < 4.78 is 16.7. The van der Waals surface area contributed by atoms with Crippen LogP contribution in [0.1, 0.15) is 5.56 Å². The van der Waals surface area contributed by atoms with Crippen LogP contribution in [0.3, 0.4) is 0 Å². The fourth-order valence-corrected chi connectivity index (χ4v) is 1.95. The first-order chi connectivity index (χ1) is 11.0. The van der Waals surface area contributed by atoms with E-state index in [1.165, 1.54) is 14.2 Å². The first-order valence-corrected chi connectivity index (χ1v) is 6.73. The first-order valence-electron chi connectivity index (χ1n) is 6.73. The molecule has 7 heteroatoms. The fraction of sp³-hybridized carbons (Fsp3) is 0.188. The smallest absolute Gasteiger partial charge is 0.404 e. The van der Waals surface area contributed by atoms with Gasteiger partial charge in [-0.05, 0) is 24.3 Å². The van der Waals surface area contributed by atoms with Crippen molar-refractivity contribution in [1.82, 2.24) is 5.32 Å². The number of para-hydroxylation sites is 1. The van der Waals surface area contributed by atoms with Crippen LogP contribution in [0.5, 0.6) is 17.2 Å². The zero-order valence-corrected chi connectivity index (χ0v) is 12.6. The molecule has 0 bridgehead atoms. The van der Waals surface area contributed by atoms with Gasteiger partial charge in [-0.25, -0.2) is 4.79 Å². The highest BCUT2D eigenvalue weighted by Crippen LogP contribution is 2.48. The van der Waals surface area contributed by atoms with E-state index in [0.717, 1.165) is 5.56 Å². The van der Waals surface area contributed by atoms with Gasteiger partial charge in [0.15, 0.2) is 11.5 Å². The van der Waals surface area contributed by atoms with E-state index < -0.39 is 12.1 Å². The summed E-state index contributed by atoms with van der Waals surface area (Å²) in [5.74, 6) is -0.547. The number of fused-ring (bicyclic) bond motifs is 1. The van der Waals surface area contributed by atoms with E-state index in [2.05, 4.69) is 0 Å². The minimum atomic E-state index is -1.33. The number of nitrogens with one attached hydrogen (secondary N) is 1. The van der Waals surface area contributed by atoms with Gasteiger partial charge >= 0.3 is 12.1 Å². The highest BCUT2D eigenvalue weighted by Gasteiger charge is 2.45. The highest BCUT2D eigenvalue weighted by molar-refractivity contribution is 5.63. The molecule has 1 aliphatic heterocycles. The lowest BCUT2D eigenvalue weighted by Crippen LogP contribution is -2.37. The van der Waals surface area contributed by atoms with Gasteiger partial charge in [0.2, 0.25) is 5.75 Å². The van der Waals surface area contributed by atoms with Crippen molar-refractivity contribution in [1.29, 1.82) is 0 Å². The normalized spacial score (nSPS) is 17.8. The fourth-order valence-electron chi connectivity index (χ4n) is 1.95. The Hall–Kier alpha value is -2.93. The maximum atomic E-state index is 9.75. The van der Waals surface area contributed by atoms with E-state index in [1.807, 2.05) is 35.6 Å². The largest absolute Gasteiger partial charge is 0.504 e. The van der Waals surface area contributed by atoms with Gasteiger partial charge in [-0.1, -0.05) is 24.3 Å². The Kier molecular flexibility index (Phi) is 4.92. The number of methoxy groups -OCH3 is 1. The SMILES string of the molecule is CNC(=O)O.COC1(c2ccccc2)Oc2cccc(O)c2O1. The van der Waals surface area contributed by atoms with Crippen LogP contribution in [0.2, 0.25) is 0 Å². The molecule has 1 atom stereocenters. The maximum absolute atomic E-state index is 9.75. The number of hydrogen-bond acceptors (Lipinski definition) is 5. The van der Waals surface area contributed by atoms with Gasteiger partial charge in [-0.3, -0.25) is 0 Å². The molecule has 0 aliphatic carbocycles. The van der Waals surface area contributed by atoms with Crippen molar-refractivity contribution in [2.45, 2.75) is 5.97 Å². The van der Waals surface area contributed by atoms with Crippen molar-refractivity contribution in [2.75, 3.05) is 14.2 Å². The zero-order valence-electron chi connectivity index (χ0n) is 12.6. The van der Waals surface area contributed by atoms with Gasteiger partial charge in [0, 0.05) is 14.2 Å². The first kappa shape index (κ1) is 16.4. The predicted molar refractivity (Wildman–Crippen MR) is 81.6 cm³/mol. The Balaban J connectivity index is 0.000000338. The van der Waals surface area contributed by atoms with Crippen LogP contribution in [0.25, 0.3) is 0 Å². The van der Waals surface area contributed by atoms with Crippen molar-refractivity contribution in [3.05, 3.63) is 54.1 Å². The van der Waals surface area contributed by atoms with Gasteiger partial charge in [-0.15, -0.1) is 0 Å². The molecule has 1 aliphatic rings. The third-order valence-corrected chi connectivity index (χ3v) is 3.05. The minimum absolute atomic E-state index is 0.0300. The molecule has 0 saturated carbocycles. The lowest BCUT2D eigenvalue weighted by molar-refractivity contribution is -0.279. The zero-order chi connectivity index (χ0) is 16.9. The van der Waals surface area contributed by atoms with Crippen LogP contribution in [0.15, 0.2) is 48.5 Å². The third-order valence-electron chi connectivity index (χ3n) is 3.05. The average Bonchev–Trinajstić information content (AvgIpc) is 2.98. The maximum Gasteiger partial charge on any atom is 0.404 e. The Morgan fingerprint density at radius 2 is 1.78 bits per heavy atom. The molecule has 2 aromatic rings. The van der Waals surface area contributed by atoms with Crippen LogP contribution < -0.4 is 14.8 Å². The number of phenolic OH excluding ortho intramolecular Hbond substituents is 1. The quantitative estimate of drug-likeness (QED) is 0.787. The predicted octanol–water partition coefficient (Wildman–Crippen LogP) is 2.50. The van der Waals surface area contributed by atoms with E-state index in [0.29, 0.717) is 11.5 Å². The van der Waals surface area contributed by atoms with Gasteiger partial charge in [0.1, 0.15) is 0 Å². The molecule has 23 heavy (non-hydrogen) atoms. The van der Waals surface area contributed by atoms with Gasteiger partial charge in [-0.2, -0.15) is 0 Å². The molecule has 3 rings (SSSR count). The van der Waals surface area contributed by atoms with Crippen molar-refractivity contribution in [2.24, 2.45) is 0 Å². The molecule has 0 saturated heterocycles. The molecule has 0 spiro atoms. The molecule has 1 heterocycles. The van der Waals surface area contributed by atoms with E-state index in [9.17, 15) is 9.90 Å².